The number of imide groups is 1. The maximum Gasteiger partial charge on any atom is 0.573 e. The molecule has 0 aliphatic carbocycles. The topological polar surface area (TPSA) is 78.9 Å². The average Bonchev–Trinajstić information content (AvgIpc) is 3.08. The van der Waals surface area contributed by atoms with Crippen LogP contribution in [0, 0.1) is 0 Å². The minimum Gasteiger partial charge on any atom is -0.406 e. The standard InChI is InChI=1S/C15H15F3N2O4S/c16-15(17,18)24-10-3-1-9(2-4-10)11(21)7-20-12(22)14(19-13(20)23)5-6-25-8-14/h1-4,11,21H,5-8H2,(H,19,23)/t11-,14+/m0/s1. The minimum absolute atomic E-state index is 0.267. The Hall–Kier alpha value is -1.94. The van der Waals surface area contributed by atoms with Gasteiger partial charge in [0.15, 0.2) is 0 Å². The fraction of sp³-hybridized carbons (Fsp3) is 0.467. The smallest absolute Gasteiger partial charge is 0.406 e. The molecule has 2 aliphatic rings. The number of aliphatic hydroxyl groups excluding tert-OH is 1. The molecule has 2 atom stereocenters. The molecule has 0 radical (unpaired) electrons. The number of aliphatic hydroxyl groups is 1. The van der Waals surface area contributed by atoms with Crippen molar-refractivity contribution >= 4 is 23.7 Å². The van der Waals surface area contributed by atoms with Gasteiger partial charge < -0.3 is 15.2 Å². The second-order valence-electron chi connectivity index (χ2n) is 5.86. The van der Waals surface area contributed by atoms with Crippen LogP contribution in [0.1, 0.15) is 18.1 Å². The molecule has 1 spiro atoms. The Balaban J connectivity index is 1.67. The van der Waals surface area contributed by atoms with Crippen molar-refractivity contribution < 1.29 is 32.6 Å². The monoisotopic (exact) mass is 376 g/mol. The zero-order chi connectivity index (χ0) is 18.2. The number of hydrogen-bond acceptors (Lipinski definition) is 5. The van der Waals surface area contributed by atoms with Crippen LogP contribution in [-0.4, -0.2) is 51.9 Å². The van der Waals surface area contributed by atoms with Crippen molar-refractivity contribution in [1.82, 2.24) is 10.2 Å². The molecular weight excluding hydrogens is 361 g/mol. The van der Waals surface area contributed by atoms with Crippen LogP contribution in [0.25, 0.3) is 0 Å². The Morgan fingerprint density at radius 3 is 2.56 bits per heavy atom. The Bertz CT molecular complexity index is 674. The van der Waals surface area contributed by atoms with Gasteiger partial charge in [-0.15, -0.1) is 13.2 Å². The van der Waals surface area contributed by atoms with Crippen LogP contribution >= 0.6 is 11.8 Å². The Morgan fingerprint density at radius 1 is 1.32 bits per heavy atom. The summed E-state index contributed by atoms with van der Waals surface area (Å²) < 4.78 is 40.2. The highest BCUT2D eigenvalue weighted by Gasteiger charge is 2.53. The largest absolute Gasteiger partial charge is 0.573 e. The van der Waals surface area contributed by atoms with Crippen molar-refractivity contribution in [1.29, 1.82) is 0 Å². The summed E-state index contributed by atoms with van der Waals surface area (Å²) >= 11 is 1.57. The summed E-state index contributed by atoms with van der Waals surface area (Å²) in [5.41, 5.74) is -0.622. The van der Waals surface area contributed by atoms with Crippen molar-refractivity contribution in [2.75, 3.05) is 18.1 Å². The number of rotatable bonds is 4. The Morgan fingerprint density at radius 2 is 2.00 bits per heavy atom. The average molecular weight is 376 g/mol. The first-order valence-corrected chi connectivity index (χ1v) is 8.61. The molecule has 2 saturated heterocycles. The molecule has 1 aromatic carbocycles. The van der Waals surface area contributed by atoms with Gasteiger partial charge in [0.25, 0.3) is 5.91 Å². The number of carbonyl (C=O) groups excluding carboxylic acids is 2. The van der Waals surface area contributed by atoms with E-state index in [4.69, 9.17) is 0 Å². The molecule has 10 heteroatoms. The summed E-state index contributed by atoms with van der Waals surface area (Å²) in [6, 6.07) is 4.07. The summed E-state index contributed by atoms with van der Waals surface area (Å²) in [6.07, 6.45) is -5.47. The molecule has 3 amide bonds. The maximum atomic E-state index is 12.5. The van der Waals surface area contributed by atoms with E-state index >= 15 is 0 Å². The zero-order valence-electron chi connectivity index (χ0n) is 12.9. The van der Waals surface area contributed by atoms with Crippen LogP contribution in [0.2, 0.25) is 0 Å². The van der Waals surface area contributed by atoms with Gasteiger partial charge in [-0.1, -0.05) is 12.1 Å². The van der Waals surface area contributed by atoms with Gasteiger partial charge in [-0.25, -0.2) is 4.79 Å². The van der Waals surface area contributed by atoms with E-state index in [0.717, 1.165) is 22.8 Å². The van der Waals surface area contributed by atoms with Crippen molar-refractivity contribution in [3.8, 4) is 5.75 Å². The van der Waals surface area contributed by atoms with Crippen molar-refractivity contribution in [3.63, 3.8) is 0 Å². The van der Waals surface area contributed by atoms with E-state index in [9.17, 15) is 27.9 Å². The fourth-order valence-corrected chi connectivity index (χ4v) is 4.17. The van der Waals surface area contributed by atoms with E-state index in [1.807, 2.05) is 0 Å². The lowest BCUT2D eigenvalue weighted by atomic mass is 9.99. The number of urea groups is 1. The third-order valence-corrected chi connectivity index (χ3v) is 5.31. The van der Waals surface area contributed by atoms with Crippen LogP contribution in [0.5, 0.6) is 5.75 Å². The number of hydrogen-bond donors (Lipinski definition) is 2. The summed E-state index contributed by atoms with van der Waals surface area (Å²) in [7, 11) is 0. The first-order valence-electron chi connectivity index (χ1n) is 7.46. The van der Waals surface area contributed by atoms with Gasteiger partial charge in [0, 0.05) is 5.75 Å². The molecule has 0 bridgehead atoms. The normalized spacial score (nSPS) is 24.7. The Labute approximate surface area is 145 Å². The van der Waals surface area contributed by atoms with Crippen LogP contribution in [0.4, 0.5) is 18.0 Å². The summed E-state index contributed by atoms with van der Waals surface area (Å²) in [6.45, 7) is -0.267. The van der Waals surface area contributed by atoms with E-state index in [-0.39, 0.29) is 18.0 Å². The highest BCUT2D eigenvalue weighted by Crippen LogP contribution is 2.34. The molecule has 0 unspecified atom stereocenters. The summed E-state index contributed by atoms with van der Waals surface area (Å²) in [4.78, 5) is 25.5. The van der Waals surface area contributed by atoms with Gasteiger partial charge in [0.1, 0.15) is 11.3 Å². The number of amides is 3. The number of ether oxygens (including phenoxy) is 1. The van der Waals surface area contributed by atoms with Crippen molar-refractivity contribution in [2.24, 2.45) is 0 Å². The van der Waals surface area contributed by atoms with E-state index in [0.29, 0.717) is 12.2 Å². The molecule has 1 aromatic rings. The lowest BCUT2D eigenvalue weighted by Gasteiger charge is -2.21. The molecule has 0 saturated carbocycles. The van der Waals surface area contributed by atoms with E-state index in [1.165, 1.54) is 12.1 Å². The van der Waals surface area contributed by atoms with Gasteiger partial charge in [0.2, 0.25) is 0 Å². The van der Waals surface area contributed by atoms with Gasteiger partial charge in [-0.05, 0) is 29.9 Å². The minimum atomic E-state index is -4.80. The van der Waals surface area contributed by atoms with E-state index in [1.54, 1.807) is 11.8 Å². The number of thioether (sulfide) groups is 1. The van der Waals surface area contributed by atoms with Gasteiger partial charge in [0.05, 0.1) is 12.6 Å². The summed E-state index contributed by atoms with van der Waals surface area (Å²) in [5.74, 6) is 0.468. The zero-order valence-corrected chi connectivity index (χ0v) is 13.7. The third kappa shape index (κ3) is 3.69. The number of benzene rings is 1. The fourth-order valence-electron chi connectivity index (χ4n) is 2.84. The third-order valence-electron chi connectivity index (χ3n) is 4.12. The molecule has 0 aromatic heterocycles. The predicted octanol–water partition coefficient (Wildman–Crippen LogP) is 2.05. The predicted molar refractivity (Wildman–Crippen MR) is 83.0 cm³/mol. The second kappa shape index (κ2) is 6.41. The van der Waals surface area contributed by atoms with Crippen molar-refractivity contribution in [2.45, 2.75) is 24.4 Å². The van der Waals surface area contributed by atoms with Crippen molar-refractivity contribution in [3.05, 3.63) is 29.8 Å². The molecule has 25 heavy (non-hydrogen) atoms. The highest BCUT2D eigenvalue weighted by atomic mass is 32.2. The molecule has 136 valence electrons. The number of halogens is 3. The molecule has 2 N–H and O–H groups in total. The Kier molecular flexibility index (Phi) is 4.58. The maximum absolute atomic E-state index is 12.5. The number of nitrogens with one attached hydrogen (secondary N) is 1. The van der Waals surface area contributed by atoms with Crippen LogP contribution in [0.15, 0.2) is 24.3 Å². The van der Waals surface area contributed by atoms with Crippen LogP contribution in [0.3, 0.4) is 0 Å². The molecule has 6 nitrogen and oxygen atoms in total. The molecule has 2 fully saturated rings. The number of nitrogens with zero attached hydrogens (tertiary/aromatic N) is 1. The number of carbonyl (C=O) groups is 2. The molecule has 3 rings (SSSR count). The van der Waals surface area contributed by atoms with E-state index < -0.39 is 29.8 Å². The highest BCUT2D eigenvalue weighted by molar-refractivity contribution is 7.99. The number of alkyl halides is 3. The lowest BCUT2D eigenvalue weighted by Crippen LogP contribution is -2.47. The van der Waals surface area contributed by atoms with Gasteiger partial charge in [-0.3, -0.25) is 9.69 Å². The van der Waals surface area contributed by atoms with E-state index in [2.05, 4.69) is 10.1 Å². The lowest BCUT2D eigenvalue weighted by molar-refractivity contribution is -0.274. The van der Waals surface area contributed by atoms with Crippen LogP contribution in [-0.2, 0) is 4.79 Å². The molecular formula is C15H15F3N2O4S. The molecule has 2 heterocycles. The first-order chi connectivity index (χ1) is 11.7. The number of β-amino-alcohol motifs (C(OH)–C–C–N with tert-alkyl or cyclic N) is 1. The molecule has 2 aliphatic heterocycles. The SMILES string of the molecule is O=C1N[C@@]2(CCSC2)C(=O)N1C[C@H](O)c1ccc(OC(F)(F)F)cc1. The van der Waals surface area contributed by atoms with Gasteiger partial charge in [-0.2, -0.15) is 11.8 Å². The van der Waals surface area contributed by atoms with Crippen LogP contribution < -0.4 is 10.1 Å². The summed E-state index contributed by atoms with van der Waals surface area (Å²) in [5, 5.41) is 12.9. The first kappa shape index (κ1) is 17.9. The quantitative estimate of drug-likeness (QED) is 0.787. The second-order valence-corrected chi connectivity index (χ2v) is 6.97. The van der Waals surface area contributed by atoms with Gasteiger partial charge >= 0.3 is 12.4 Å².